The van der Waals surface area contributed by atoms with Gasteiger partial charge in [-0.1, -0.05) is 90.7 Å². The molecule has 0 aliphatic carbocycles. The molecule has 0 atom stereocenters. The summed E-state index contributed by atoms with van der Waals surface area (Å²) >= 11 is 0. The van der Waals surface area contributed by atoms with Crippen molar-refractivity contribution in [2.45, 2.75) is 0 Å². The van der Waals surface area contributed by atoms with E-state index in [1.807, 2.05) is 54.6 Å². The van der Waals surface area contributed by atoms with Crippen LogP contribution in [0.4, 0.5) is 11.4 Å². The third-order valence-corrected chi connectivity index (χ3v) is 8.36. The van der Waals surface area contributed by atoms with Gasteiger partial charge in [0.25, 0.3) is 23.6 Å². The van der Waals surface area contributed by atoms with Crippen LogP contribution in [0.2, 0.25) is 0 Å². The predicted octanol–water partition coefficient (Wildman–Crippen LogP) is 7.51. The summed E-state index contributed by atoms with van der Waals surface area (Å²) in [4.78, 5) is 58.3. The summed E-state index contributed by atoms with van der Waals surface area (Å²) in [6.45, 7) is 0. The lowest BCUT2D eigenvalue weighted by molar-refractivity contribution is 0.0873. The van der Waals surface area contributed by atoms with Crippen LogP contribution in [0.1, 0.15) is 52.6 Å². The van der Waals surface area contributed by atoms with Crippen molar-refractivity contribution in [1.29, 1.82) is 0 Å². The summed E-state index contributed by atoms with van der Waals surface area (Å²) < 4.78 is 0. The fraction of sp³-hybridized carbons (Fsp3) is 0. The van der Waals surface area contributed by atoms with Crippen LogP contribution >= 0.6 is 0 Å². The van der Waals surface area contributed by atoms with Crippen molar-refractivity contribution in [3.63, 3.8) is 0 Å². The highest BCUT2D eigenvalue weighted by Crippen LogP contribution is 2.41. The fourth-order valence-electron chi connectivity index (χ4n) is 6.21. The molecule has 6 aromatic carbocycles. The molecule has 0 bridgehead atoms. The zero-order valence-corrected chi connectivity index (χ0v) is 24.2. The smallest absolute Gasteiger partial charge is 0.267 e. The number of hydrogen-bond acceptors (Lipinski definition) is 4. The summed E-state index contributed by atoms with van der Waals surface area (Å²) in [7, 11) is 0. The van der Waals surface area contributed by atoms with Crippen molar-refractivity contribution in [2.75, 3.05) is 9.80 Å². The van der Waals surface area contributed by atoms with Gasteiger partial charge in [-0.25, -0.2) is 9.80 Å². The molecule has 2 aliphatic heterocycles. The van der Waals surface area contributed by atoms with Gasteiger partial charge in [-0.15, -0.1) is 0 Å². The van der Waals surface area contributed by atoms with Crippen molar-refractivity contribution < 1.29 is 19.2 Å². The quantitative estimate of drug-likeness (QED) is 0.157. The van der Waals surface area contributed by atoms with Gasteiger partial charge in [0.15, 0.2) is 0 Å². The SMILES string of the molecule is O=C1c2ccc3c4c(c(C#Cc5ccc(-c6ccccc6)cc5)cc(c24)C(=O)N1c1ccccc1)C(=O)N(c1ccccc1)C3=O. The molecule has 0 unspecified atom stereocenters. The molecule has 6 heteroatoms. The predicted molar refractivity (Wildman–Crippen MR) is 177 cm³/mol. The van der Waals surface area contributed by atoms with Gasteiger partial charge in [0.05, 0.1) is 22.5 Å². The van der Waals surface area contributed by atoms with Crippen LogP contribution in [-0.4, -0.2) is 23.6 Å². The highest BCUT2D eigenvalue weighted by molar-refractivity contribution is 6.42. The van der Waals surface area contributed by atoms with E-state index in [0.717, 1.165) is 20.9 Å². The Morgan fingerprint density at radius 3 is 1.48 bits per heavy atom. The van der Waals surface area contributed by atoms with Gasteiger partial charge >= 0.3 is 0 Å². The summed E-state index contributed by atoms with van der Waals surface area (Å²) in [6, 6.07) is 39.8. The number of carbonyl (C=O) groups is 4. The Bertz CT molecular complexity index is 2320. The largest absolute Gasteiger partial charge is 0.268 e. The van der Waals surface area contributed by atoms with Gasteiger partial charge in [-0.3, -0.25) is 19.2 Å². The van der Waals surface area contributed by atoms with E-state index in [4.69, 9.17) is 0 Å². The third kappa shape index (κ3) is 4.15. The molecule has 0 spiro atoms. The average Bonchev–Trinajstić information content (AvgIpc) is 3.10. The highest BCUT2D eigenvalue weighted by atomic mass is 16.2. The molecule has 0 fully saturated rings. The van der Waals surface area contributed by atoms with Crippen LogP contribution in [0.5, 0.6) is 0 Å². The first-order chi connectivity index (χ1) is 22.5. The Morgan fingerprint density at radius 1 is 0.413 bits per heavy atom. The number of rotatable bonds is 3. The zero-order chi connectivity index (χ0) is 31.4. The van der Waals surface area contributed by atoms with Gasteiger partial charge < -0.3 is 0 Å². The van der Waals surface area contributed by atoms with Crippen LogP contribution < -0.4 is 9.80 Å². The van der Waals surface area contributed by atoms with Gasteiger partial charge in [0.2, 0.25) is 0 Å². The fourth-order valence-corrected chi connectivity index (χ4v) is 6.21. The molecule has 2 heterocycles. The maximum atomic E-state index is 14.3. The van der Waals surface area contributed by atoms with Gasteiger partial charge in [0, 0.05) is 33.0 Å². The number of anilines is 2. The van der Waals surface area contributed by atoms with Gasteiger partial charge in [0.1, 0.15) is 0 Å². The summed E-state index contributed by atoms with van der Waals surface area (Å²) in [6.07, 6.45) is 0. The van der Waals surface area contributed by atoms with E-state index in [2.05, 4.69) is 11.8 Å². The Morgan fingerprint density at radius 2 is 0.891 bits per heavy atom. The summed E-state index contributed by atoms with van der Waals surface area (Å²) in [5.41, 5.74) is 4.81. The van der Waals surface area contributed by atoms with Crippen LogP contribution in [0.3, 0.4) is 0 Å². The molecule has 0 saturated carbocycles. The minimum atomic E-state index is -0.568. The Balaban J connectivity index is 1.34. The standard InChI is InChI=1S/C40H22N2O4/c43-37-31-22-23-32-36-34(40(46)42(38(32)44)30-14-8-3-9-15-30)28(21-18-25-16-19-27(20-17-25)26-10-4-1-5-11-26)24-33(35(31)36)39(45)41(37)29-12-6-2-7-13-29/h1-17,19-20,22-24H. The normalized spacial score (nSPS) is 13.6. The second-order valence-electron chi connectivity index (χ2n) is 11.0. The van der Waals surface area contributed by atoms with E-state index in [0.29, 0.717) is 27.9 Å². The topological polar surface area (TPSA) is 74.8 Å². The lowest BCUT2D eigenvalue weighted by atomic mass is 9.83. The van der Waals surface area contributed by atoms with Crippen LogP contribution in [-0.2, 0) is 0 Å². The molecular formula is C40H22N2O4. The lowest BCUT2D eigenvalue weighted by Crippen LogP contribution is -2.44. The molecule has 0 N–H and O–H groups in total. The van der Waals surface area contributed by atoms with Crippen molar-refractivity contribution in [2.24, 2.45) is 0 Å². The van der Waals surface area contributed by atoms with Crippen molar-refractivity contribution >= 4 is 45.8 Å². The molecular weight excluding hydrogens is 572 g/mol. The third-order valence-electron chi connectivity index (χ3n) is 8.36. The number of imide groups is 2. The van der Waals surface area contributed by atoms with Crippen LogP contribution in [0.15, 0.2) is 133 Å². The van der Waals surface area contributed by atoms with E-state index < -0.39 is 23.6 Å². The highest BCUT2D eigenvalue weighted by Gasteiger charge is 2.42. The molecule has 4 amide bonds. The first-order valence-corrected chi connectivity index (χ1v) is 14.7. The van der Waals surface area contributed by atoms with E-state index in [1.54, 1.807) is 78.9 Å². The van der Waals surface area contributed by atoms with E-state index in [9.17, 15) is 19.2 Å². The molecule has 6 nitrogen and oxygen atoms in total. The van der Waals surface area contributed by atoms with E-state index in [-0.39, 0.29) is 27.6 Å². The first-order valence-electron chi connectivity index (χ1n) is 14.7. The number of nitrogens with zero attached hydrogens (tertiary/aromatic N) is 2. The first kappa shape index (κ1) is 27.0. The molecule has 216 valence electrons. The second-order valence-corrected chi connectivity index (χ2v) is 11.0. The number of hydrogen-bond donors (Lipinski definition) is 0. The summed E-state index contributed by atoms with van der Waals surface area (Å²) in [5, 5.41) is 0.567. The van der Waals surface area contributed by atoms with E-state index in [1.165, 1.54) is 0 Å². The maximum Gasteiger partial charge on any atom is 0.267 e. The zero-order valence-electron chi connectivity index (χ0n) is 24.2. The van der Waals surface area contributed by atoms with Crippen molar-refractivity contribution in [1.82, 2.24) is 0 Å². The van der Waals surface area contributed by atoms with Gasteiger partial charge in [-0.05, 0) is 65.7 Å². The molecule has 0 aromatic heterocycles. The lowest BCUT2D eigenvalue weighted by Gasteiger charge is -2.32. The number of benzene rings is 6. The molecule has 0 saturated heterocycles. The molecule has 46 heavy (non-hydrogen) atoms. The molecule has 0 radical (unpaired) electrons. The minimum absolute atomic E-state index is 0.182. The monoisotopic (exact) mass is 594 g/mol. The van der Waals surface area contributed by atoms with Crippen molar-refractivity contribution in [3.05, 3.63) is 167 Å². The molecule has 8 rings (SSSR count). The minimum Gasteiger partial charge on any atom is -0.268 e. The maximum absolute atomic E-state index is 14.3. The number of para-hydroxylation sites is 2. The van der Waals surface area contributed by atoms with Crippen molar-refractivity contribution in [3.8, 4) is 23.0 Å². The molecule has 2 aliphatic rings. The number of amides is 4. The van der Waals surface area contributed by atoms with E-state index >= 15 is 0 Å². The summed E-state index contributed by atoms with van der Waals surface area (Å²) in [5.74, 6) is 4.14. The van der Waals surface area contributed by atoms with Crippen LogP contribution in [0.25, 0.3) is 21.9 Å². The Labute approximate surface area is 264 Å². The second kappa shape index (κ2) is 10.5. The Kier molecular flexibility index (Phi) is 6.19. The van der Waals surface area contributed by atoms with Gasteiger partial charge in [-0.2, -0.15) is 0 Å². The number of carbonyl (C=O) groups excluding carboxylic acids is 4. The molecule has 6 aromatic rings. The van der Waals surface area contributed by atoms with Crippen LogP contribution in [0, 0.1) is 11.8 Å². The average molecular weight is 595 g/mol. The Hall–Kier alpha value is -6.58.